The van der Waals surface area contributed by atoms with Gasteiger partial charge in [0.15, 0.2) is 5.79 Å². The fourth-order valence-corrected chi connectivity index (χ4v) is 5.15. The molecule has 5 rings (SSSR count). The maximum Gasteiger partial charge on any atom is 0.184 e. The molecule has 0 amide bonds. The minimum absolute atomic E-state index is 0.176. The average molecular weight is 411 g/mol. The lowest BCUT2D eigenvalue weighted by molar-refractivity contribution is -0.267. The first-order valence-electron chi connectivity index (χ1n) is 10.9. The largest absolute Gasteiger partial charge is 0.497 e. The molecule has 3 aliphatic rings. The van der Waals surface area contributed by atoms with E-state index in [0.29, 0.717) is 6.04 Å². The Balaban J connectivity index is 1.59. The molecule has 30 heavy (non-hydrogen) atoms. The minimum atomic E-state index is -0.577. The zero-order chi connectivity index (χ0) is 21.0. The Morgan fingerprint density at radius 2 is 1.50 bits per heavy atom. The third-order valence-electron chi connectivity index (χ3n) is 6.84. The van der Waals surface area contributed by atoms with Crippen molar-refractivity contribution in [3.8, 4) is 5.75 Å². The lowest BCUT2D eigenvalue weighted by Crippen LogP contribution is -2.67. The Morgan fingerprint density at radius 3 is 2.17 bits per heavy atom. The number of fused-ring (bicyclic) bond motifs is 5. The van der Waals surface area contributed by atoms with E-state index in [9.17, 15) is 0 Å². The number of rotatable bonds is 7. The van der Waals surface area contributed by atoms with Crippen molar-refractivity contribution in [2.45, 2.75) is 50.2 Å². The van der Waals surface area contributed by atoms with Gasteiger partial charge in [0.1, 0.15) is 5.75 Å². The van der Waals surface area contributed by atoms with E-state index in [-0.39, 0.29) is 6.04 Å². The Labute approximate surface area is 180 Å². The van der Waals surface area contributed by atoms with Crippen LogP contribution in [0.3, 0.4) is 0 Å². The van der Waals surface area contributed by atoms with Crippen molar-refractivity contribution in [3.05, 3.63) is 65.7 Å². The standard InChI is InChI=1S/C25H34N2O3/c1-28-23-13-11-21(12-14-23)17-27-18-22-10-7-15-25(29-2,30-3)24(27)19-26(22)16-20-8-5-4-6-9-20/h4-6,8-9,11-14,22,24H,7,10,15-19H2,1-3H3/t22-,24+/m0/s1. The Kier molecular flexibility index (Phi) is 6.74. The van der Waals surface area contributed by atoms with Gasteiger partial charge in [-0.1, -0.05) is 42.5 Å². The zero-order valence-electron chi connectivity index (χ0n) is 18.4. The second-order valence-corrected chi connectivity index (χ2v) is 8.47. The molecule has 2 atom stereocenters. The molecule has 3 saturated heterocycles. The number of methoxy groups -OCH3 is 3. The number of nitrogens with zero attached hydrogens (tertiary/aromatic N) is 2. The summed E-state index contributed by atoms with van der Waals surface area (Å²) >= 11 is 0. The minimum Gasteiger partial charge on any atom is -0.497 e. The summed E-state index contributed by atoms with van der Waals surface area (Å²) in [5.74, 6) is 0.317. The molecule has 5 nitrogen and oxygen atoms in total. The summed E-state index contributed by atoms with van der Waals surface area (Å²) in [6, 6.07) is 19.9. The van der Waals surface area contributed by atoms with Crippen molar-refractivity contribution in [2.24, 2.45) is 0 Å². The van der Waals surface area contributed by atoms with Gasteiger partial charge in [0.25, 0.3) is 0 Å². The SMILES string of the molecule is COc1ccc(CN2C[C@@H]3CCCC(OC)(OC)[C@H]2CN3Cc2ccccc2)cc1. The van der Waals surface area contributed by atoms with Crippen LogP contribution in [0.5, 0.6) is 5.75 Å². The Hall–Kier alpha value is -1.92. The van der Waals surface area contributed by atoms with Gasteiger partial charge >= 0.3 is 0 Å². The number of hydrogen-bond donors (Lipinski definition) is 0. The summed E-state index contributed by atoms with van der Waals surface area (Å²) in [5.41, 5.74) is 2.66. The third-order valence-corrected chi connectivity index (χ3v) is 6.84. The second kappa shape index (κ2) is 9.48. The Morgan fingerprint density at radius 1 is 0.833 bits per heavy atom. The smallest absolute Gasteiger partial charge is 0.184 e. The number of piperazine rings is 1. The van der Waals surface area contributed by atoms with Crippen LogP contribution in [0.2, 0.25) is 0 Å². The molecule has 0 spiro atoms. The molecule has 0 N–H and O–H groups in total. The van der Waals surface area contributed by atoms with Crippen LogP contribution in [-0.2, 0) is 22.6 Å². The lowest BCUT2D eigenvalue weighted by atomic mass is 9.87. The molecule has 2 bridgehead atoms. The monoisotopic (exact) mass is 410 g/mol. The molecule has 3 aliphatic heterocycles. The molecule has 0 radical (unpaired) electrons. The summed E-state index contributed by atoms with van der Waals surface area (Å²) < 4.78 is 17.5. The van der Waals surface area contributed by atoms with E-state index in [0.717, 1.165) is 51.2 Å². The van der Waals surface area contributed by atoms with Crippen LogP contribution in [0.1, 0.15) is 30.4 Å². The summed E-state index contributed by atoms with van der Waals surface area (Å²) in [6.07, 6.45) is 3.21. The quantitative estimate of drug-likeness (QED) is 0.646. The van der Waals surface area contributed by atoms with E-state index in [1.54, 1.807) is 21.3 Å². The van der Waals surface area contributed by atoms with E-state index in [1.165, 1.54) is 11.1 Å². The average Bonchev–Trinajstić information content (AvgIpc) is 2.78. The van der Waals surface area contributed by atoms with Crippen LogP contribution in [-0.4, -0.2) is 62.1 Å². The third kappa shape index (κ3) is 4.40. The van der Waals surface area contributed by atoms with Crippen LogP contribution in [0.4, 0.5) is 0 Å². The van der Waals surface area contributed by atoms with E-state index >= 15 is 0 Å². The molecule has 5 heteroatoms. The normalized spacial score (nSPS) is 24.4. The van der Waals surface area contributed by atoms with Crippen LogP contribution >= 0.6 is 0 Å². The summed E-state index contributed by atoms with van der Waals surface area (Å²) in [7, 11) is 5.30. The van der Waals surface area contributed by atoms with Gasteiger partial charge in [0, 0.05) is 52.9 Å². The highest BCUT2D eigenvalue weighted by atomic mass is 16.7. The van der Waals surface area contributed by atoms with Crippen LogP contribution in [0.15, 0.2) is 54.6 Å². The molecule has 0 aliphatic carbocycles. The molecule has 3 heterocycles. The van der Waals surface area contributed by atoms with Crippen molar-refractivity contribution in [1.29, 1.82) is 0 Å². The fraction of sp³-hybridized carbons (Fsp3) is 0.520. The van der Waals surface area contributed by atoms with Gasteiger partial charge in [-0.05, 0) is 36.1 Å². The van der Waals surface area contributed by atoms with Crippen LogP contribution in [0.25, 0.3) is 0 Å². The number of benzene rings is 2. The van der Waals surface area contributed by atoms with Gasteiger partial charge in [-0.25, -0.2) is 0 Å². The van der Waals surface area contributed by atoms with Crippen molar-refractivity contribution in [1.82, 2.24) is 9.80 Å². The van der Waals surface area contributed by atoms with Crippen molar-refractivity contribution < 1.29 is 14.2 Å². The Bertz CT molecular complexity index is 792. The molecule has 0 aromatic heterocycles. The van der Waals surface area contributed by atoms with E-state index in [2.05, 4.69) is 52.3 Å². The van der Waals surface area contributed by atoms with Gasteiger partial charge in [-0.3, -0.25) is 9.80 Å². The maximum absolute atomic E-state index is 6.08. The fourth-order valence-electron chi connectivity index (χ4n) is 5.15. The van der Waals surface area contributed by atoms with Gasteiger partial charge in [0.05, 0.1) is 13.2 Å². The number of hydrogen-bond acceptors (Lipinski definition) is 5. The highest BCUT2D eigenvalue weighted by molar-refractivity contribution is 5.27. The first kappa shape index (κ1) is 21.3. The molecule has 0 saturated carbocycles. The second-order valence-electron chi connectivity index (χ2n) is 8.47. The molecular formula is C25H34N2O3. The predicted molar refractivity (Wildman–Crippen MR) is 118 cm³/mol. The van der Waals surface area contributed by atoms with E-state index in [1.807, 2.05) is 12.1 Å². The first-order valence-corrected chi connectivity index (χ1v) is 10.9. The molecule has 0 unspecified atom stereocenters. The van der Waals surface area contributed by atoms with E-state index in [4.69, 9.17) is 14.2 Å². The van der Waals surface area contributed by atoms with Gasteiger partial charge in [-0.2, -0.15) is 0 Å². The lowest BCUT2D eigenvalue weighted by Gasteiger charge is -2.54. The molecule has 2 aromatic rings. The maximum atomic E-state index is 6.08. The van der Waals surface area contributed by atoms with Crippen molar-refractivity contribution in [2.75, 3.05) is 34.4 Å². The summed E-state index contributed by atoms with van der Waals surface area (Å²) in [4.78, 5) is 5.20. The molecule has 2 aromatic carbocycles. The van der Waals surface area contributed by atoms with Gasteiger partial charge < -0.3 is 14.2 Å². The predicted octanol–water partition coefficient (Wildman–Crippen LogP) is 3.92. The zero-order valence-corrected chi connectivity index (χ0v) is 18.4. The number of ether oxygens (including phenoxy) is 3. The van der Waals surface area contributed by atoms with Gasteiger partial charge in [-0.15, -0.1) is 0 Å². The highest BCUT2D eigenvalue weighted by Crippen LogP contribution is 2.37. The molecule has 162 valence electrons. The first-order chi connectivity index (χ1) is 14.7. The molecule has 3 fully saturated rings. The van der Waals surface area contributed by atoms with E-state index < -0.39 is 5.79 Å². The summed E-state index contributed by atoms with van der Waals surface area (Å²) in [5, 5.41) is 0. The summed E-state index contributed by atoms with van der Waals surface area (Å²) in [6.45, 7) is 3.83. The van der Waals surface area contributed by atoms with Gasteiger partial charge in [0.2, 0.25) is 0 Å². The topological polar surface area (TPSA) is 34.2 Å². The highest BCUT2D eigenvalue weighted by Gasteiger charge is 2.49. The van der Waals surface area contributed by atoms with Crippen molar-refractivity contribution in [3.63, 3.8) is 0 Å². The van der Waals surface area contributed by atoms with Crippen LogP contribution in [0, 0.1) is 0 Å². The van der Waals surface area contributed by atoms with Crippen LogP contribution < -0.4 is 4.74 Å². The molecular weight excluding hydrogens is 376 g/mol. The van der Waals surface area contributed by atoms with Crippen molar-refractivity contribution >= 4 is 0 Å².